The van der Waals surface area contributed by atoms with Crippen LogP contribution in [-0.2, 0) is 5.75 Å². The van der Waals surface area contributed by atoms with Crippen LogP contribution in [0, 0.1) is 0 Å². The quantitative estimate of drug-likeness (QED) is 0.806. The molecule has 1 aromatic carbocycles. The predicted molar refractivity (Wildman–Crippen MR) is 77.8 cm³/mol. The summed E-state index contributed by atoms with van der Waals surface area (Å²) in [6.45, 7) is 2.18. The van der Waals surface area contributed by atoms with Crippen molar-refractivity contribution in [2.75, 3.05) is 7.05 Å². The summed E-state index contributed by atoms with van der Waals surface area (Å²) in [4.78, 5) is 2.78. The molecule has 2 rings (SSSR count). The van der Waals surface area contributed by atoms with Gasteiger partial charge in [-0.15, -0.1) is 23.1 Å². The SMILES string of the molecule is CNC(C)c1cccc(SCc2cccs2)c1. The zero-order chi connectivity index (χ0) is 12.1. The van der Waals surface area contributed by atoms with Gasteiger partial charge >= 0.3 is 0 Å². The van der Waals surface area contributed by atoms with Crippen molar-refractivity contribution in [3.05, 3.63) is 52.2 Å². The molecule has 0 aliphatic heterocycles. The maximum atomic E-state index is 3.27. The largest absolute Gasteiger partial charge is 0.313 e. The Bertz CT molecular complexity index is 451. The Kier molecular flexibility index (Phi) is 4.66. The van der Waals surface area contributed by atoms with Gasteiger partial charge in [-0.05, 0) is 43.1 Å². The molecule has 17 heavy (non-hydrogen) atoms. The first-order chi connectivity index (χ1) is 8.29. The van der Waals surface area contributed by atoms with Gasteiger partial charge in [0, 0.05) is 21.6 Å². The van der Waals surface area contributed by atoms with Crippen molar-refractivity contribution in [1.82, 2.24) is 5.32 Å². The zero-order valence-corrected chi connectivity index (χ0v) is 11.8. The molecule has 0 spiro atoms. The van der Waals surface area contributed by atoms with Crippen LogP contribution >= 0.6 is 23.1 Å². The first kappa shape index (κ1) is 12.7. The summed E-state index contributed by atoms with van der Waals surface area (Å²) in [5.74, 6) is 1.06. The van der Waals surface area contributed by atoms with E-state index in [2.05, 4.69) is 54.0 Å². The lowest BCUT2D eigenvalue weighted by atomic mass is 10.1. The van der Waals surface area contributed by atoms with Gasteiger partial charge in [0.25, 0.3) is 0 Å². The molecule has 0 radical (unpaired) electrons. The van der Waals surface area contributed by atoms with Gasteiger partial charge in [0.2, 0.25) is 0 Å². The van der Waals surface area contributed by atoms with Gasteiger partial charge in [-0.2, -0.15) is 0 Å². The average molecular weight is 263 g/mol. The molecule has 2 aromatic rings. The molecule has 3 heteroatoms. The summed E-state index contributed by atoms with van der Waals surface area (Å²) in [6.07, 6.45) is 0. The summed E-state index contributed by atoms with van der Waals surface area (Å²) in [5, 5.41) is 5.41. The Morgan fingerprint density at radius 2 is 2.18 bits per heavy atom. The number of benzene rings is 1. The van der Waals surface area contributed by atoms with Crippen LogP contribution in [0.15, 0.2) is 46.7 Å². The Labute approximate surface area is 111 Å². The molecule has 0 saturated heterocycles. The zero-order valence-electron chi connectivity index (χ0n) is 10.1. The normalized spacial score (nSPS) is 12.6. The molecule has 0 saturated carbocycles. The first-order valence-corrected chi connectivity index (χ1v) is 7.58. The first-order valence-electron chi connectivity index (χ1n) is 5.72. The number of hydrogen-bond donors (Lipinski definition) is 1. The lowest BCUT2D eigenvalue weighted by Crippen LogP contribution is -2.11. The van der Waals surface area contributed by atoms with Crippen molar-refractivity contribution in [2.45, 2.75) is 23.6 Å². The van der Waals surface area contributed by atoms with Gasteiger partial charge in [0.1, 0.15) is 0 Å². The molecule has 1 atom stereocenters. The Balaban J connectivity index is 2.01. The van der Waals surface area contributed by atoms with E-state index in [0.717, 1.165) is 5.75 Å². The minimum atomic E-state index is 0.414. The lowest BCUT2D eigenvalue weighted by molar-refractivity contribution is 0.651. The third-order valence-electron chi connectivity index (χ3n) is 2.75. The molecular formula is C14H17NS2. The highest BCUT2D eigenvalue weighted by Crippen LogP contribution is 2.26. The Hall–Kier alpha value is -0.770. The second-order valence-corrected chi connectivity index (χ2v) is 6.03. The Morgan fingerprint density at radius 1 is 1.29 bits per heavy atom. The maximum absolute atomic E-state index is 3.27. The van der Waals surface area contributed by atoms with Crippen molar-refractivity contribution >= 4 is 23.1 Å². The molecule has 0 bridgehead atoms. The van der Waals surface area contributed by atoms with E-state index in [0.29, 0.717) is 6.04 Å². The highest BCUT2D eigenvalue weighted by molar-refractivity contribution is 7.98. The number of thioether (sulfide) groups is 1. The van der Waals surface area contributed by atoms with Gasteiger partial charge in [-0.25, -0.2) is 0 Å². The Morgan fingerprint density at radius 3 is 2.88 bits per heavy atom. The van der Waals surface area contributed by atoms with Crippen LogP contribution in [0.5, 0.6) is 0 Å². The maximum Gasteiger partial charge on any atom is 0.0326 e. The van der Waals surface area contributed by atoms with Gasteiger partial charge < -0.3 is 5.32 Å². The number of nitrogens with one attached hydrogen (secondary N) is 1. The molecule has 1 aromatic heterocycles. The third kappa shape index (κ3) is 3.60. The van der Waals surface area contributed by atoms with Crippen LogP contribution in [0.25, 0.3) is 0 Å². The fourth-order valence-corrected chi connectivity index (χ4v) is 3.33. The number of thiophene rings is 1. The van der Waals surface area contributed by atoms with Crippen molar-refractivity contribution < 1.29 is 0 Å². The predicted octanol–water partition coefficient (Wildman–Crippen LogP) is 4.32. The van der Waals surface area contributed by atoms with Gasteiger partial charge in [0.05, 0.1) is 0 Å². The molecule has 90 valence electrons. The van der Waals surface area contributed by atoms with Crippen LogP contribution in [0.1, 0.15) is 23.4 Å². The summed E-state index contributed by atoms with van der Waals surface area (Å²) >= 11 is 3.73. The number of hydrogen-bond acceptors (Lipinski definition) is 3. The number of rotatable bonds is 5. The van der Waals surface area contributed by atoms with Crippen LogP contribution in [-0.4, -0.2) is 7.05 Å². The van der Waals surface area contributed by atoms with Crippen molar-refractivity contribution in [1.29, 1.82) is 0 Å². The molecule has 1 heterocycles. The topological polar surface area (TPSA) is 12.0 Å². The second-order valence-electron chi connectivity index (χ2n) is 3.95. The van der Waals surface area contributed by atoms with E-state index >= 15 is 0 Å². The smallest absolute Gasteiger partial charge is 0.0326 e. The highest BCUT2D eigenvalue weighted by Gasteiger charge is 2.03. The summed E-state index contributed by atoms with van der Waals surface area (Å²) in [6, 6.07) is 13.5. The summed E-state index contributed by atoms with van der Waals surface area (Å²) < 4.78 is 0. The van der Waals surface area contributed by atoms with Gasteiger partial charge in [-0.3, -0.25) is 0 Å². The van der Waals surface area contributed by atoms with E-state index in [4.69, 9.17) is 0 Å². The van der Waals surface area contributed by atoms with Crippen molar-refractivity contribution in [3.8, 4) is 0 Å². The van der Waals surface area contributed by atoms with Crippen molar-refractivity contribution in [2.24, 2.45) is 0 Å². The van der Waals surface area contributed by atoms with Crippen LogP contribution < -0.4 is 5.32 Å². The summed E-state index contributed by atoms with van der Waals surface area (Å²) in [5.41, 5.74) is 1.35. The minimum absolute atomic E-state index is 0.414. The van der Waals surface area contributed by atoms with Gasteiger partial charge in [-0.1, -0.05) is 18.2 Å². The molecule has 0 aliphatic carbocycles. The van der Waals surface area contributed by atoms with E-state index in [-0.39, 0.29) is 0 Å². The molecule has 0 aliphatic rings. The molecule has 1 unspecified atom stereocenters. The molecule has 0 fully saturated rings. The summed E-state index contributed by atoms with van der Waals surface area (Å²) in [7, 11) is 2.00. The van der Waals surface area contributed by atoms with E-state index in [1.54, 1.807) is 0 Å². The third-order valence-corrected chi connectivity index (χ3v) is 4.85. The van der Waals surface area contributed by atoms with E-state index in [1.807, 2.05) is 30.1 Å². The molecule has 0 amide bonds. The second kappa shape index (κ2) is 6.24. The lowest BCUT2D eigenvalue weighted by Gasteiger charge is -2.11. The van der Waals surface area contributed by atoms with Crippen LogP contribution in [0.4, 0.5) is 0 Å². The standard InChI is InChI=1S/C14H17NS2/c1-11(15-2)12-5-3-6-13(9-12)17-10-14-7-4-8-16-14/h3-9,11,15H,10H2,1-2H3. The van der Waals surface area contributed by atoms with Crippen molar-refractivity contribution in [3.63, 3.8) is 0 Å². The van der Waals surface area contributed by atoms with E-state index < -0.39 is 0 Å². The van der Waals surface area contributed by atoms with Crippen LogP contribution in [0.2, 0.25) is 0 Å². The molecule has 1 nitrogen and oxygen atoms in total. The molecular weight excluding hydrogens is 246 g/mol. The molecule has 1 N–H and O–H groups in total. The van der Waals surface area contributed by atoms with E-state index in [9.17, 15) is 0 Å². The minimum Gasteiger partial charge on any atom is -0.313 e. The monoisotopic (exact) mass is 263 g/mol. The fourth-order valence-electron chi connectivity index (χ4n) is 1.59. The average Bonchev–Trinajstić information content (AvgIpc) is 2.89. The van der Waals surface area contributed by atoms with Gasteiger partial charge in [0.15, 0.2) is 0 Å². The highest BCUT2D eigenvalue weighted by atomic mass is 32.2. The van der Waals surface area contributed by atoms with E-state index in [1.165, 1.54) is 15.3 Å². The van der Waals surface area contributed by atoms with Crippen LogP contribution in [0.3, 0.4) is 0 Å². The fraction of sp³-hybridized carbons (Fsp3) is 0.286.